The highest BCUT2D eigenvalue weighted by Crippen LogP contribution is 2.20. The zero-order chi connectivity index (χ0) is 13.9. The monoisotopic (exact) mass is 258 g/mol. The highest BCUT2D eigenvalue weighted by molar-refractivity contribution is 5.81. The minimum atomic E-state index is -0.598. The van der Waals surface area contributed by atoms with Gasteiger partial charge >= 0.3 is 12.1 Å². The number of carbonyl (C=O) groups is 2. The number of nitrogens with zero attached hydrogens (tertiary/aromatic N) is 1. The van der Waals surface area contributed by atoms with Crippen LogP contribution in [0.25, 0.3) is 0 Å². The van der Waals surface area contributed by atoms with E-state index in [-0.39, 0.29) is 6.04 Å². The lowest BCUT2D eigenvalue weighted by Gasteiger charge is -2.37. The van der Waals surface area contributed by atoms with Gasteiger partial charge in [-0.1, -0.05) is 0 Å². The first-order chi connectivity index (χ1) is 8.24. The zero-order valence-electron chi connectivity index (χ0n) is 11.4. The van der Waals surface area contributed by atoms with Crippen molar-refractivity contribution in [2.75, 3.05) is 13.7 Å². The molecule has 1 saturated heterocycles. The zero-order valence-corrected chi connectivity index (χ0v) is 11.4. The van der Waals surface area contributed by atoms with Crippen LogP contribution in [0.15, 0.2) is 0 Å². The molecule has 0 spiro atoms. The largest absolute Gasteiger partial charge is 0.467 e. The third-order valence-electron chi connectivity index (χ3n) is 2.72. The molecule has 1 rings (SSSR count). The van der Waals surface area contributed by atoms with E-state index in [9.17, 15) is 9.59 Å². The van der Waals surface area contributed by atoms with Gasteiger partial charge in [-0.25, -0.2) is 9.59 Å². The number of likely N-dealkylation sites (tertiary alicyclic amines) is 1. The van der Waals surface area contributed by atoms with E-state index in [1.54, 1.807) is 20.8 Å². The molecule has 18 heavy (non-hydrogen) atoms. The number of piperidine rings is 1. The van der Waals surface area contributed by atoms with Crippen LogP contribution < -0.4 is 5.73 Å². The maximum Gasteiger partial charge on any atom is 0.411 e. The van der Waals surface area contributed by atoms with Gasteiger partial charge in [0.2, 0.25) is 0 Å². The summed E-state index contributed by atoms with van der Waals surface area (Å²) >= 11 is 0. The van der Waals surface area contributed by atoms with Gasteiger partial charge in [-0.3, -0.25) is 4.90 Å². The average molecular weight is 258 g/mol. The summed E-state index contributed by atoms with van der Waals surface area (Å²) in [6.07, 6.45) is 0.680. The van der Waals surface area contributed by atoms with Gasteiger partial charge in [0.15, 0.2) is 0 Å². The molecule has 0 aromatic carbocycles. The van der Waals surface area contributed by atoms with Gasteiger partial charge in [0.1, 0.15) is 11.6 Å². The number of carbonyl (C=O) groups excluding carboxylic acids is 2. The summed E-state index contributed by atoms with van der Waals surface area (Å²) < 4.78 is 9.98. The molecule has 2 N–H and O–H groups in total. The second kappa shape index (κ2) is 5.56. The van der Waals surface area contributed by atoms with Gasteiger partial charge in [0.25, 0.3) is 0 Å². The summed E-state index contributed by atoms with van der Waals surface area (Å²) in [6.45, 7) is 5.65. The summed E-state index contributed by atoms with van der Waals surface area (Å²) in [5.74, 6) is -0.423. The van der Waals surface area contributed by atoms with Crippen molar-refractivity contribution in [3.05, 3.63) is 0 Å². The molecule has 2 unspecified atom stereocenters. The molecule has 6 heteroatoms. The number of hydrogen-bond donors (Lipinski definition) is 1. The molecule has 1 aliphatic rings. The normalized spacial score (nSPS) is 24.6. The van der Waals surface area contributed by atoms with Crippen molar-refractivity contribution in [3.8, 4) is 0 Å². The predicted molar refractivity (Wildman–Crippen MR) is 66.0 cm³/mol. The Labute approximate surface area is 107 Å². The number of amides is 1. The second-order valence-electron chi connectivity index (χ2n) is 5.51. The molecular formula is C12H22N2O4. The van der Waals surface area contributed by atoms with Crippen molar-refractivity contribution in [1.82, 2.24) is 4.90 Å². The molecular weight excluding hydrogens is 236 g/mol. The number of rotatable bonds is 1. The lowest BCUT2D eigenvalue weighted by Crippen LogP contribution is -2.55. The molecule has 1 aliphatic heterocycles. The first-order valence-corrected chi connectivity index (χ1v) is 6.07. The number of ether oxygens (including phenoxy) is 2. The predicted octanol–water partition coefficient (Wildman–Crippen LogP) is 0.886. The molecule has 0 aromatic rings. The van der Waals surface area contributed by atoms with E-state index in [2.05, 4.69) is 0 Å². The van der Waals surface area contributed by atoms with Crippen molar-refractivity contribution in [1.29, 1.82) is 0 Å². The molecule has 1 fully saturated rings. The van der Waals surface area contributed by atoms with E-state index in [4.69, 9.17) is 15.2 Å². The van der Waals surface area contributed by atoms with E-state index >= 15 is 0 Å². The summed E-state index contributed by atoms with van der Waals surface area (Å²) in [5.41, 5.74) is 5.23. The van der Waals surface area contributed by atoms with E-state index < -0.39 is 23.7 Å². The Morgan fingerprint density at radius 3 is 2.39 bits per heavy atom. The molecule has 104 valence electrons. The van der Waals surface area contributed by atoms with Crippen LogP contribution in [0.3, 0.4) is 0 Å². The van der Waals surface area contributed by atoms with Crippen LogP contribution in [0.4, 0.5) is 4.79 Å². The van der Waals surface area contributed by atoms with Crippen LogP contribution in [0.1, 0.15) is 33.6 Å². The van der Waals surface area contributed by atoms with Crippen molar-refractivity contribution in [2.45, 2.75) is 51.3 Å². The van der Waals surface area contributed by atoms with Gasteiger partial charge in [-0.15, -0.1) is 0 Å². The Morgan fingerprint density at radius 1 is 1.28 bits per heavy atom. The van der Waals surface area contributed by atoms with Gasteiger partial charge in [0, 0.05) is 12.6 Å². The molecule has 0 aliphatic carbocycles. The van der Waals surface area contributed by atoms with Crippen molar-refractivity contribution >= 4 is 12.1 Å². The fraction of sp³-hybridized carbons (Fsp3) is 0.833. The fourth-order valence-corrected chi connectivity index (χ4v) is 1.90. The first kappa shape index (κ1) is 14.8. The molecule has 0 saturated carbocycles. The third kappa shape index (κ3) is 3.87. The maximum absolute atomic E-state index is 12.0. The number of esters is 1. The summed E-state index contributed by atoms with van der Waals surface area (Å²) in [4.78, 5) is 25.0. The Kier molecular flexibility index (Phi) is 4.56. The van der Waals surface area contributed by atoms with E-state index in [0.717, 1.165) is 0 Å². The quantitative estimate of drug-likeness (QED) is 0.706. The molecule has 1 amide bonds. The smallest absolute Gasteiger partial charge is 0.411 e. The highest BCUT2D eigenvalue weighted by atomic mass is 16.6. The van der Waals surface area contributed by atoms with Crippen LogP contribution in [0.2, 0.25) is 0 Å². The summed E-state index contributed by atoms with van der Waals surface area (Å²) in [5, 5.41) is 0. The lowest BCUT2D eigenvalue weighted by molar-refractivity contribution is -0.148. The average Bonchev–Trinajstić information content (AvgIpc) is 2.25. The van der Waals surface area contributed by atoms with Crippen LogP contribution in [0, 0.1) is 0 Å². The molecule has 0 bridgehead atoms. The summed E-state index contributed by atoms with van der Waals surface area (Å²) in [7, 11) is 1.31. The molecule has 0 radical (unpaired) electrons. The van der Waals surface area contributed by atoms with E-state index in [0.29, 0.717) is 19.4 Å². The Balaban J connectivity index is 2.78. The number of hydrogen-bond acceptors (Lipinski definition) is 5. The molecule has 6 nitrogen and oxygen atoms in total. The van der Waals surface area contributed by atoms with Gasteiger partial charge in [-0.2, -0.15) is 0 Å². The Hall–Kier alpha value is -1.30. The minimum Gasteiger partial charge on any atom is -0.467 e. The lowest BCUT2D eigenvalue weighted by atomic mass is 9.99. The number of nitrogens with two attached hydrogens (primary N) is 1. The summed E-state index contributed by atoms with van der Waals surface area (Å²) in [6, 6.07) is -0.719. The first-order valence-electron chi connectivity index (χ1n) is 6.07. The van der Waals surface area contributed by atoms with Crippen molar-refractivity contribution in [2.24, 2.45) is 5.73 Å². The Morgan fingerprint density at radius 2 is 1.89 bits per heavy atom. The molecule has 1 heterocycles. The highest BCUT2D eigenvalue weighted by Gasteiger charge is 2.37. The van der Waals surface area contributed by atoms with Crippen LogP contribution in [-0.4, -0.2) is 48.3 Å². The SMILES string of the molecule is COC(=O)C1CCC(N)CN1C(=O)OC(C)(C)C. The van der Waals surface area contributed by atoms with E-state index in [1.165, 1.54) is 12.0 Å². The number of methoxy groups -OCH3 is 1. The van der Waals surface area contributed by atoms with Crippen molar-refractivity contribution in [3.63, 3.8) is 0 Å². The molecule has 2 atom stereocenters. The standard InChI is InChI=1S/C12H22N2O4/c1-12(2,3)18-11(16)14-7-8(13)5-6-9(14)10(15)17-4/h8-9H,5-7,13H2,1-4H3. The van der Waals surface area contributed by atoms with E-state index in [1.807, 2.05) is 0 Å². The van der Waals surface area contributed by atoms with Crippen molar-refractivity contribution < 1.29 is 19.1 Å². The fourth-order valence-electron chi connectivity index (χ4n) is 1.90. The van der Waals surface area contributed by atoms with Gasteiger partial charge in [0.05, 0.1) is 7.11 Å². The van der Waals surface area contributed by atoms with Crippen LogP contribution in [-0.2, 0) is 14.3 Å². The topological polar surface area (TPSA) is 81.9 Å². The van der Waals surface area contributed by atoms with Gasteiger partial charge in [-0.05, 0) is 33.6 Å². The van der Waals surface area contributed by atoms with Gasteiger partial charge < -0.3 is 15.2 Å². The third-order valence-corrected chi connectivity index (χ3v) is 2.72. The molecule has 0 aromatic heterocycles. The Bertz CT molecular complexity index is 325. The maximum atomic E-state index is 12.0. The minimum absolute atomic E-state index is 0.126. The van der Waals surface area contributed by atoms with Crippen LogP contribution >= 0.6 is 0 Å². The van der Waals surface area contributed by atoms with Crippen LogP contribution in [0.5, 0.6) is 0 Å². The second-order valence-corrected chi connectivity index (χ2v) is 5.51.